The number of halogens is 3. The number of carbonyl (C=O) groups is 1. The highest BCUT2D eigenvalue weighted by molar-refractivity contribution is 6.31. The Morgan fingerprint density at radius 3 is 2.69 bits per heavy atom. The molecule has 0 aromatic heterocycles. The molecule has 1 N–H and O–H groups in total. The van der Waals surface area contributed by atoms with Crippen LogP contribution in [0.4, 0.5) is 20.2 Å². The monoisotopic (exact) mass is 380 g/mol. The van der Waals surface area contributed by atoms with Crippen molar-refractivity contribution in [1.29, 1.82) is 0 Å². The fraction of sp³-hybridized carbons (Fsp3) is 0.316. The third-order valence-electron chi connectivity index (χ3n) is 4.21. The maximum absolute atomic E-state index is 13.7. The average molecular weight is 381 g/mol. The lowest BCUT2D eigenvalue weighted by Gasteiger charge is -2.30. The summed E-state index contributed by atoms with van der Waals surface area (Å²) in [7, 11) is 0. The molecule has 0 aliphatic carbocycles. The minimum atomic E-state index is -0.522. The highest BCUT2D eigenvalue weighted by atomic mass is 35.5. The first-order valence-corrected chi connectivity index (χ1v) is 8.77. The first kappa shape index (κ1) is 18.6. The largest absolute Gasteiger partial charge is 0.378 e. The second kappa shape index (κ2) is 8.47. The van der Waals surface area contributed by atoms with Crippen LogP contribution >= 0.6 is 11.6 Å². The number of benzene rings is 2. The Morgan fingerprint density at radius 1 is 1.15 bits per heavy atom. The van der Waals surface area contributed by atoms with E-state index in [0.29, 0.717) is 23.9 Å². The van der Waals surface area contributed by atoms with Crippen molar-refractivity contribution in [2.75, 3.05) is 36.5 Å². The summed E-state index contributed by atoms with van der Waals surface area (Å²) in [5.41, 5.74) is 1.65. The molecule has 7 heteroatoms. The average Bonchev–Trinajstić information content (AvgIpc) is 2.63. The van der Waals surface area contributed by atoms with E-state index in [4.69, 9.17) is 16.3 Å². The number of ether oxygens (including phenoxy) is 1. The Hall–Kier alpha value is -2.18. The van der Waals surface area contributed by atoms with Crippen LogP contribution in [-0.4, -0.2) is 32.2 Å². The van der Waals surface area contributed by atoms with Crippen LogP contribution in [0, 0.1) is 11.6 Å². The van der Waals surface area contributed by atoms with E-state index in [2.05, 4.69) is 10.2 Å². The number of nitrogens with one attached hydrogen (secondary N) is 1. The number of carbonyl (C=O) groups excluding carboxylic acids is 1. The Balaban J connectivity index is 1.68. The van der Waals surface area contributed by atoms with Crippen LogP contribution in [0.15, 0.2) is 36.4 Å². The fourth-order valence-electron chi connectivity index (χ4n) is 2.88. The van der Waals surface area contributed by atoms with E-state index in [1.54, 1.807) is 12.1 Å². The summed E-state index contributed by atoms with van der Waals surface area (Å²) in [6.45, 7) is 2.68. The van der Waals surface area contributed by atoms with Gasteiger partial charge in [-0.3, -0.25) is 4.79 Å². The maximum Gasteiger partial charge on any atom is 0.224 e. The third kappa shape index (κ3) is 4.71. The van der Waals surface area contributed by atoms with Gasteiger partial charge in [0.25, 0.3) is 0 Å². The molecular formula is C19H19ClF2N2O2. The van der Waals surface area contributed by atoms with Crippen LogP contribution in [0.3, 0.4) is 0 Å². The van der Waals surface area contributed by atoms with Crippen molar-refractivity contribution in [3.63, 3.8) is 0 Å². The van der Waals surface area contributed by atoms with Crippen LogP contribution in [0.5, 0.6) is 0 Å². The predicted molar refractivity (Wildman–Crippen MR) is 97.8 cm³/mol. The van der Waals surface area contributed by atoms with Crippen LogP contribution in [-0.2, 0) is 16.0 Å². The van der Waals surface area contributed by atoms with Crippen molar-refractivity contribution in [2.24, 2.45) is 0 Å². The van der Waals surface area contributed by atoms with Gasteiger partial charge >= 0.3 is 0 Å². The van der Waals surface area contributed by atoms with E-state index in [9.17, 15) is 13.6 Å². The van der Waals surface area contributed by atoms with Crippen LogP contribution in [0.2, 0.25) is 5.02 Å². The van der Waals surface area contributed by atoms with Gasteiger partial charge in [-0.05, 0) is 48.4 Å². The lowest BCUT2D eigenvalue weighted by atomic mass is 10.1. The Bertz CT molecular complexity index is 795. The summed E-state index contributed by atoms with van der Waals surface area (Å²) < 4.78 is 32.2. The number of aryl methyl sites for hydroxylation is 1. The van der Waals surface area contributed by atoms with E-state index in [1.165, 1.54) is 0 Å². The molecule has 0 bridgehead atoms. The van der Waals surface area contributed by atoms with Gasteiger partial charge in [-0.15, -0.1) is 0 Å². The molecule has 1 aliphatic heterocycles. The smallest absolute Gasteiger partial charge is 0.224 e. The molecule has 0 spiro atoms. The van der Waals surface area contributed by atoms with Gasteiger partial charge in [0.15, 0.2) is 0 Å². The molecule has 4 nitrogen and oxygen atoms in total. The molecule has 138 valence electrons. The lowest BCUT2D eigenvalue weighted by molar-refractivity contribution is -0.116. The molecule has 1 saturated heterocycles. The molecule has 3 rings (SSSR count). The number of hydrogen-bond donors (Lipinski definition) is 1. The van der Waals surface area contributed by atoms with Gasteiger partial charge in [-0.25, -0.2) is 8.78 Å². The van der Waals surface area contributed by atoms with Crippen molar-refractivity contribution in [2.45, 2.75) is 12.8 Å². The predicted octanol–water partition coefficient (Wildman–Crippen LogP) is 4.03. The zero-order chi connectivity index (χ0) is 18.5. The van der Waals surface area contributed by atoms with Gasteiger partial charge in [-0.2, -0.15) is 0 Å². The number of morpholine rings is 1. The number of hydrogen-bond acceptors (Lipinski definition) is 3. The Morgan fingerprint density at radius 2 is 1.92 bits per heavy atom. The first-order valence-electron chi connectivity index (χ1n) is 8.39. The number of nitrogens with zero attached hydrogens (tertiary/aromatic N) is 1. The summed E-state index contributed by atoms with van der Waals surface area (Å²) in [6.07, 6.45) is 0.151. The van der Waals surface area contributed by atoms with Crippen molar-refractivity contribution in [3.8, 4) is 0 Å². The molecule has 0 atom stereocenters. The molecule has 1 fully saturated rings. The van der Waals surface area contributed by atoms with E-state index >= 15 is 0 Å². The lowest BCUT2D eigenvalue weighted by Crippen LogP contribution is -2.36. The quantitative estimate of drug-likeness (QED) is 0.851. The van der Waals surface area contributed by atoms with E-state index < -0.39 is 11.6 Å². The van der Waals surface area contributed by atoms with E-state index in [0.717, 1.165) is 37.0 Å². The van der Waals surface area contributed by atoms with Crippen LogP contribution < -0.4 is 10.2 Å². The van der Waals surface area contributed by atoms with Gasteiger partial charge in [0.2, 0.25) is 5.91 Å². The summed E-state index contributed by atoms with van der Waals surface area (Å²) >= 11 is 6.06. The highest BCUT2D eigenvalue weighted by Crippen LogP contribution is 2.30. The first-order chi connectivity index (χ1) is 12.5. The second-order valence-corrected chi connectivity index (χ2v) is 6.48. The molecule has 2 aromatic rings. The fourth-order valence-corrected chi connectivity index (χ4v) is 3.06. The highest BCUT2D eigenvalue weighted by Gasteiger charge is 2.17. The maximum atomic E-state index is 13.7. The number of amides is 1. The molecule has 26 heavy (non-hydrogen) atoms. The molecular weight excluding hydrogens is 362 g/mol. The SMILES string of the molecule is O=C(CCc1cc(F)ccc1F)Nc1cc(Cl)ccc1N1CCOCC1. The zero-order valence-electron chi connectivity index (χ0n) is 14.1. The topological polar surface area (TPSA) is 41.6 Å². The van der Waals surface area contributed by atoms with Gasteiger partial charge in [0, 0.05) is 24.5 Å². The Labute approximate surface area is 155 Å². The van der Waals surface area contributed by atoms with Crippen LogP contribution in [0.25, 0.3) is 0 Å². The van der Waals surface area contributed by atoms with Crippen molar-refractivity contribution in [1.82, 2.24) is 0 Å². The standard InChI is InChI=1S/C19H19ClF2N2O2/c20-14-2-5-18(24-7-9-26-10-8-24)17(12-14)23-19(25)6-1-13-11-15(21)3-4-16(13)22/h2-5,11-12H,1,6-10H2,(H,23,25). The number of anilines is 2. The van der Waals surface area contributed by atoms with Crippen LogP contribution in [0.1, 0.15) is 12.0 Å². The third-order valence-corrected chi connectivity index (χ3v) is 4.45. The molecule has 0 saturated carbocycles. The van der Waals surface area contributed by atoms with E-state index in [1.807, 2.05) is 6.07 Å². The summed E-state index contributed by atoms with van der Waals surface area (Å²) in [6, 6.07) is 8.55. The van der Waals surface area contributed by atoms with Crippen molar-refractivity contribution < 1.29 is 18.3 Å². The van der Waals surface area contributed by atoms with E-state index in [-0.39, 0.29) is 24.3 Å². The Kier molecular flexibility index (Phi) is 6.06. The van der Waals surface area contributed by atoms with Gasteiger partial charge in [0.05, 0.1) is 24.6 Å². The molecule has 2 aromatic carbocycles. The minimum absolute atomic E-state index is 0.0371. The number of rotatable bonds is 5. The summed E-state index contributed by atoms with van der Waals surface area (Å²) in [4.78, 5) is 14.4. The van der Waals surface area contributed by atoms with Crippen molar-refractivity contribution in [3.05, 3.63) is 58.6 Å². The summed E-state index contributed by atoms with van der Waals surface area (Å²) in [5.74, 6) is -1.33. The van der Waals surface area contributed by atoms with Crippen molar-refractivity contribution >= 4 is 28.9 Å². The molecule has 1 aliphatic rings. The normalized spacial score (nSPS) is 14.3. The summed E-state index contributed by atoms with van der Waals surface area (Å²) in [5, 5.41) is 3.34. The molecule has 1 heterocycles. The van der Waals surface area contributed by atoms with Gasteiger partial charge < -0.3 is 15.0 Å². The molecule has 0 radical (unpaired) electrons. The molecule has 1 amide bonds. The zero-order valence-corrected chi connectivity index (χ0v) is 14.9. The second-order valence-electron chi connectivity index (χ2n) is 6.04. The van der Waals surface area contributed by atoms with Gasteiger partial charge in [-0.1, -0.05) is 11.6 Å². The van der Waals surface area contributed by atoms with Gasteiger partial charge in [0.1, 0.15) is 11.6 Å². The minimum Gasteiger partial charge on any atom is -0.378 e. The molecule has 0 unspecified atom stereocenters.